The standard InChI is InChI=1S/C15H19N3O3/c1-17(11-15(20)5-8-21-9-6-15)14(19)12-10-16-18-7-3-2-4-13(12)18/h2-4,7,10,20H,5-6,8-9,11H2,1H3. The Balaban J connectivity index is 1.78. The molecule has 0 aliphatic carbocycles. The van der Waals surface area contributed by atoms with E-state index in [9.17, 15) is 9.90 Å². The van der Waals surface area contributed by atoms with Crippen LogP contribution in [0.3, 0.4) is 0 Å². The Labute approximate surface area is 122 Å². The number of fused-ring (bicyclic) bond motifs is 1. The highest BCUT2D eigenvalue weighted by molar-refractivity contribution is 6.00. The van der Waals surface area contributed by atoms with Crippen LogP contribution < -0.4 is 0 Å². The lowest BCUT2D eigenvalue weighted by molar-refractivity contribution is -0.0734. The van der Waals surface area contributed by atoms with Gasteiger partial charge in [0, 0.05) is 45.8 Å². The van der Waals surface area contributed by atoms with E-state index in [0.717, 1.165) is 5.52 Å². The van der Waals surface area contributed by atoms with E-state index in [1.165, 1.54) is 0 Å². The van der Waals surface area contributed by atoms with Crippen LogP contribution in [0.15, 0.2) is 30.6 Å². The van der Waals surface area contributed by atoms with Gasteiger partial charge in [0.05, 0.1) is 22.9 Å². The SMILES string of the molecule is CN(CC1(O)CCOCC1)C(=O)c1cnn2ccccc12. The number of aromatic nitrogens is 2. The summed E-state index contributed by atoms with van der Waals surface area (Å²) in [6.07, 6.45) is 4.49. The van der Waals surface area contributed by atoms with E-state index < -0.39 is 5.60 Å². The molecular weight excluding hydrogens is 270 g/mol. The predicted octanol–water partition coefficient (Wildman–Crippen LogP) is 0.948. The molecule has 1 amide bonds. The summed E-state index contributed by atoms with van der Waals surface area (Å²) >= 11 is 0. The van der Waals surface area contributed by atoms with Gasteiger partial charge in [-0.15, -0.1) is 0 Å². The van der Waals surface area contributed by atoms with Crippen LogP contribution in [0.5, 0.6) is 0 Å². The van der Waals surface area contributed by atoms with Crippen molar-refractivity contribution in [3.05, 3.63) is 36.2 Å². The molecule has 112 valence electrons. The molecule has 0 aromatic carbocycles. The van der Waals surface area contributed by atoms with E-state index in [1.54, 1.807) is 28.9 Å². The van der Waals surface area contributed by atoms with Crippen molar-refractivity contribution in [1.82, 2.24) is 14.5 Å². The van der Waals surface area contributed by atoms with Crippen LogP contribution in [0.2, 0.25) is 0 Å². The van der Waals surface area contributed by atoms with Gasteiger partial charge < -0.3 is 14.7 Å². The average Bonchev–Trinajstić information content (AvgIpc) is 2.90. The fourth-order valence-electron chi connectivity index (χ4n) is 2.73. The van der Waals surface area contributed by atoms with Gasteiger partial charge in [-0.3, -0.25) is 4.79 Å². The van der Waals surface area contributed by atoms with Crippen molar-refractivity contribution in [3.8, 4) is 0 Å². The summed E-state index contributed by atoms with van der Waals surface area (Å²) < 4.78 is 6.93. The number of carbonyl (C=O) groups is 1. The zero-order valence-electron chi connectivity index (χ0n) is 12.0. The summed E-state index contributed by atoms with van der Waals surface area (Å²) in [5.74, 6) is -0.129. The second kappa shape index (κ2) is 5.46. The van der Waals surface area contributed by atoms with Gasteiger partial charge >= 0.3 is 0 Å². The number of nitrogens with zero attached hydrogens (tertiary/aromatic N) is 3. The molecule has 3 heterocycles. The number of ether oxygens (including phenoxy) is 1. The number of carbonyl (C=O) groups excluding carboxylic acids is 1. The molecule has 1 fully saturated rings. The first kappa shape index (κ1) is 14.0. The molecule has 2 aromatic heterocycles. The van der Waals surface area contributed by atoms with Gasteiger partial charge in [0.1, 0.15) is 0 Å². The molecule has 0 radical (unpaired) electrons. The molecule has 6 nitrogen and oxygen atoms in total. The van der Waals surface area contributed by atoms with Crippen molar-refractivity contribution in [2.75, 3.05) is 26.8 Å². The lowest BCUT2D eigenvalue weighted by Crippen LogP contribution is -2.47. The van der Waals surface area contributed by atoms with Crippen LogP contribution in [0, 0.1) is 0 Å². The van der Waals surface area contributed by atoms with E-state index in [1.807, 2.05) is 18.2 Å². The van der Waals surface area contributed by atoms with Gasteiger partial charge in [0.15, 0.2) is 0 Å². The molecule has 0 saturated carbocycles. The first-order chi connectivity index (χ1) is 10.1. The molecule has 0 spiro atoms. The minimum atomic E-state index is -0.856. The average molecular weight is 289 g/mol. The molecule has 1 saturated heterocycles. The zero-order chi connectivity index (χ0) is 14.9. The predicted molar refractivity (Wildman–Crippen MR) is 77.2 cm³/mol. The molecule has 21 heavy (non-hydrogen) atoms. The third-order valence-electron chi connectivity index (χ3n) is 3.96. The smallest absolute Gasteiger partial charge is 0.257 e. The number of likely N-dealkylation sites (N-methyl/N-ethyl adjacent to an activating group) is 1. The van der Waals surface area contributed by atoms with Crippen LogP contribution >= 0.6 is 0 Å². The maximum Gasteiger partial charge on any atom is 0.257 e. The summed E-state index contributed by atoms with van der Waals surface area (Å²) in [5, 5.41) is 14.7. The summed E-state index contributed by atoms with van der Waals surface area (Å²) in [7, 11) is 1.71. The van der Waals surface area contributed by atoms with E-state index in [-0.39, 0.29) is 5.91 Å². The number of rotatable bonds is 3. The summed E-state index contributed by atoms with van der Waals surface area (Å²) in [4.78, 5) is 14.1. The maximum atomic E-state index is 12.6. The Morgan fingerprint density at radius 3 is 3.00 bits per heavy atom. The van der Waals surface area contributed by atoms with Gasteiger partial charge in [0.25, 0.3) is 5.91 Å². The number of hydrogen-bond acceptors (Lipinski definition) is 4. The second-order valence-corrected chi connectivity index (χ2v) is 5.59. The van der Waals surface area contributed by atoms with Gasteiger partial charge in [-0.2, -0.15) is 5.10 Å². The van der Waals surface area contributed by atoms with Crippen molar-refractivity contribution in [1.29, 1.82) is 0 Å². The van der Waals surface area contributed by atoms with E-state index >= 15 is 0 Å². The van der Waals surface area contributed by atoms with Gasteiger partial charge in [-0.25, -0.2) is 4.52 Å². The van der Waals surface area contributed by atoms with Crippen LogP contribution in [0.25, 0.3) is 5.52 Å². The fourth-order valence-corrected chi connectivity index (χ4v) is 2.73. The van der Waals surface area contributed by atoms with Crippen molar-refractivity contribution in [3.63, 3.8) is 0 Å². The lowest BCUT2D eigenvalue weighted by Gasteiger charge is -2.35. The molecule has 2 aromatic rings. The molecule has 1 aliphatic heterocycles. The van der Waals surface area contributed by atoms with Gasteiger partial charge in [-0.05, 0) is 12.1 Å². The summed E-state index contributed by atoms with van der Waals surface area (Å²) in [6.45, 7) is 1.38. The third-order valence-corrected chi connectivity index (χ3v) is 3.96. The van der Waals surface area contributed by atoms with E-state index in [4.69, 9.17) is 4.74 Å². The van der Waals surface area contributed by atoms with Crippen molar-refractivity contribution in [2.24, 2.45) is 0 Å². The van der Waals surface area contributed by atoms with Crippen molar-refractivity contribution >= 4 is 11.4 Å². The molecule has 3 rings (SSSR count). The highest BCUT2D eigenvalue weighted by Crippen LogP contribution is 2.22. The first-order valence-corrected chi connectivity index (χ1v) is 7.07. The highest BCUT2D eigenvalue weighted by atomic mass is 16.5. The molecule has 6 heteroatoms. The monoisotopic (exact) mass is 289 g/mol. The Kier molecular flexibility index (Phi) is 3.65. The van der Waals surface area contributed by atoms with Crippen molar-refractivity contribution in [2.45, 2.75) is 18.4 Å². The molecule has 1 aliphatic rings. The fraction of sp³-hybridized carbons (Fsp3) is 0.467. The van der Waals surface area contributed by atoms with E-state index in [2.05, 4.69) is 5.10 Å². The molecule has 1 N–H and O–H groups in total. The Morgan fingerprint density at radius 2 is 2.24 bits per heavy atom. The zero-order valence-corrected chi connectivity index (χ0v) is 12.0. The lowest BCUT2D eigenvalue weighted by atomic mass is 9.94. The number of pyridine rings is 1. The Hall–Kier alpha value is -1.92. The summed E-state index contributed by atoms with van der Waals surface area (Å²) in [6, 6.07) is 5.60. The highest BCUT2D eigenvalue weighted by Gasteiger charge is 2.33. The Bertz CT molecular complexity index is 646. The van der Waals surface area contributed by atoms with Crippen LogP contribution in [-0.2, 0) is 4.74 Å². The largest absolute Gasteiger partial charge is 0.388 e. The third kappa shape index (κ3) is 2.77. The maximum absolute atomic E-state index is 12.6. The molecular formula is C15H19N3O3. The van der Waals surface area contributed by atoms with Crippen molar-refractivity contribution < 1.29 is 14.6 Å². The van der Waals surface area contributed by atoms with E-state index in [0.29, 0.717) is 38.2 Å². The Morgan fingerprint density at radius 1 is 1.48 bits per heavy atom. The number of aliphatic hydroxyl groups is 1. The minimum absolute atomic E-state index is 0.129. The quantitative estimate of drug-likeness (QED) is 0.913. The van der Waals surface area contributed by atoms with Gasteiger partial charge in [-0.1, -0.05) is 6.07 Å². The molecule has 0 unspecified atom stereocenters. The van der Waals surface area contributed by atoms with Crippen LogP contribution in [0.4, 0.5) is 0 Å². The number of hydrogen-bond donors (Lipinski definition) is 1. The minimum Gasteiger partial charge on any atom is -0.388 e. The molecule has 0 bridgehead atoms. The molecule has 0 atom stereocenters. The summed E-state index contributed by atoms with van der Waals surface area (Å²) in [5.41, 5.74) is 0.466. The van der Waals surface area contributed by atoms with Gasteiger partial charge in [0.2, 0.25) is 0 Å². The first-order valence-electron chi connectivity index (χ1n) is 7.07. The van der Waals surface area contributed by atoms with Crippen LogP contribution in [-0.4, -0.2) is 57.9 Å². The normalized spacial score (nSPS) is 17.8. The number of amides is 1. The van der Waals surface area contributed by atoms with Crippen LogP contribution in [0.1, 0.15) is 23.2 Å². The second-order valence-electron chi connectivity index (χ2n) is 5.59. The topological polar surface area (TPSA) is 67.1 Å².